The van der Waals surface area contributed by atoms with Crippen molar-refractivity contribution in [3.05, 3.63) is 53.2 Å². The third kappa shape index (κ3) is 3.49. The van der Waals surface area contributed by atoms with Crippen LogP contribution in [0.5, 0.6) is 0 Å². The maximum absolute atomic E-state index is 12.9. The van der Waals surface area contributed by atoms with Gasteiger partial charge in [0.25, 0.3) is 0 Å². The fourth-order valence-electron chi connectivity index (χ4n) is 1.98. The summed E-state index contributed by atoms with van der Waals surface area (Å²) in [6, 6.07) is 6.34. The second-order valence-corrected chi connectivity index (χ2v) is 6.37. The van der Waals surface area contributed by atoms with Gasteiger partial charge in [-0.2, -0.15) is 0 Å². The Labute approximate surface area is 122 Å². The Morgan fingerprint density at radius 1 is 1.33 bits per heavy atom. The SMILES string of the molecule is Cc1oc(CO)cc1S(=O)(=O)NC(C)c1ccc(F)cc1. The van der Waals surface area contributed by atoms with E-state index in [0.29, 0.717) is 5.56 Å². The molecule has 2 rings (SSSR count). The number of sulfonamides is 1. The third-order valence-corrected chi connectivity index (χ3v) is 4.72. The lowest BCUT2D eigenvalue weighted by Crippen LogP contribution is -2.27. The van der Waals surface area contributed by atoms with E-state index in [1.165, 1.54) is 37.3 Å². The molecule has 2 N–H and O–H groups in total. The van der Waals surface area contributed by atoms with Gasteiger partial charge in [0, 0.05) is 12.1 Å². The van der Waals surface area contributed by atoms with Gasteiger partial charge in [-0.15, -0.1) is 0 Å². The van der Waals surface area contributed by atoms with E-state index < -0.39 is 16.1 Å². The highest BCUT2D eigenvalue weighted by Crippen LogP contribution is 2.22. The molecular formula is C14H16FNO4S. The lowest BCUT2D eigenvalue weighted by atomic mass is 10.1. The Bertz CT molecular complexity index is 722. The molecule has 1 heterocycles. The largest absolute Gasteiger partial charge is 0.462 e. The van der Waals surface area contributed by atoms with Crippen molar-refractivity contribution in [2.75, 3.05) is 0 Å². The minimum Gasteiger partial charge on any atom is -0.462 e. The Hall–Kier alpha value is -1.70. The Morgan fingerprint density at radius 2 is 1.95 bits per heavy atom. The van der Waals surface area contributed by atoms with Gasteiger partial charge < -0.3 is 9.52 Å². The highest BCUT2D eigenvalue weighted by Gasteiger charge is 2.23. The number of aliphatic hydroxyl groups is 1. The summed E-state index contributed by atoms with van der Waals surface area (Å²) in [6.07, 6.45) is 0. The van der Waals surface area contributed by atoms with Crippen molar-refractivity contribution in [2.24, 2.45) is 0 Å². The van der Waals surface area contributed by atoms with E-state index in [9.17, 15) is 12.8 Å². The van der Waals surface area contributed by atoms with Gasteiger partial charge >= 0.3 is 0 Å². The zero-order valence-electron chi connectivity index (χ0n) is 11.6. The van der Waals surface area contributed by atoms with Crippen LogP contribution in [0, 0.1) is 12.7 Å². The molecule has 0 spiro atoms. The standard InChI is InChI=1S/C14H16FNO4S/c1-9(11-3-5-12(15)6-4-11)16-21(18,19)14-7-13(8-17)20-10(14)2/h3-7,9,16-17H,8H2,1-2H3. The minimum atomic E-state index is -3.79. The van der Waals surface area contributed by atoms with Crippen LogP contribution in [0.15, 0.2) is 39.6 Å². The number of aryl methyl sites for hydroxylation is 1. The number of furan rings is 1. The van der Waals surface area contributed by atoms with Gasteiger partial charge in [-0.1, -0.05) is 12.1 Å². The third-order valence-electron chi connectivity index (χ3n) is 3.07. The first-order chi connectivity index (χ1) is 9.83. The Morgan fingerprint density at radius 3 is 2.48 bits per heavy atom. The minimum absolute atomic E-state index is 0.0134. The Balaban J connectivity index is 2.24. The van der Waals surface area contributed by atoms with Crippen LogP contribution in [-0.4, -0.2) is 13.5 Å². The lowest BCUT2D eigenvalue weighted by Gasteiger charge is -2.14. The number of aliphatic hydroxyl groups excluding tert-OH is 1. The van der Waals surface area contributed by atoms with E-state index in [-0.39, 0.29) is 28.8 Å². The van der Waals surface area contributed by atoms with E-state index in [1.54, 1.807) is 6.92 Å². The quantitative estimate of drug-likeness (QED) is 0.887. The summed E-state index contributed by atoms with van der Waals surface area (Å²) in [5, 5.41) is 8.98. The summed E-state index contributed by atoms with van der Waals surface area (Å²) in [4.78, 5) is -0.0134. The number of rotatable bonds is 5. The van der Waals surface area contributed by atoms with Crippen molar-refractivity contribution in [1.29, 1.82) is 0 Å². The maximum Gasteiger partial charge on any atom is 0.244 e. The Kier molecular flexibility index (Phi) is 4.46. The first-order valence-corrected chi connectivity index (χ1v) is 7.80. The van der Waals surface area contributed by atoms with Crippen molar-refractivity contribution in [3.8, 4) is 0 Å². The average Bonchev–Trinajstić information content (AvgIpc) is 2.81. The molecule has 0 bridgehead atoms. The van der Waals surface area contributed by atoms with Gasteiger partial charge in [0.05, 0.1) is 0 Å². The molecule has 1 aromatic heterocycles. The van der Waals surface area contributed by atoms with Crippen molar-refractivity contribution in [2.45, 2.75) is 31.4 Å². The summed E-state index contributed by atoms with van der Waals surface area (Å²) in [5.41, 5.74) is 0.642. The molecule has 0 aliphatic heterocycles. The zero-order chi connectivity index (χ0) is 15.6. The van der Waals surface area contributed by atoms with E-state index in [4.69, 9.17) is 9.52 Å². The topological polar surface area (TPSA) is 79.5 Å². The van der Waals surface area contributed by atoms with Crippen LogP contribution in [0.3, 0.4) is 0 Å². The molecule has 1 atom stereocenters. The van der Waals surface area contributed by atoms with Crippen LogP contribution in [0.25, 0.3) is 0 Å². The summed E-state index contributed by atoms with van der Waals surface area (Å²) < 4.78 is 45.1. The molecule has 1 aromatic carbocycles. The van der Waals surface area contributed by atoms with Crippen molar-refractivity contribution in [1.82, 2.24) is 4.72 Å². The average molecular weight is 313 g/mol. The highest BCUT2D eigenvalue weighted by molar-refractivity contribution is 7.89. The molecule has 0 fully saturated rings. The van der Waals surface area contributed by atoms with Gasteiger partial charge in [0.1, 0.15) is 28.8 Å². The first kappa shape index (κ1) is 15.7. The normalized spacial score (nSPS) is 13.3. The zero-order valence-corrected chi connectivity index (χ0v) is 12.4. The van der Waals surface area contributed by atoms with Crippen molar-refractivity contribution in [3.63, 3.8) is 0 Å². The predicted octanol–water partition coefficient (Wildman–Crippen LogP) is 2.26. The first-order valence-electron chi connectivity index (χ1n) is 6.31. The molecule has 0 saturated carbocycles. The number of hydrogen-bond donors (Lipinski definition) is 2. The monoisotopic (exact) mass is 313 g/mol. The van der Waals surface area contributed by atoms with Gasteiger partial charge in [-0.25, -0.2) is 17.5 Å². The summed E-state index contributed by atoms with van der Waals surface area (Å²) in [7, 11) is -3.79. The number of benzene rings is 1. The second-order valence-electron chi connectivity index (χ2n) is 4.69. The van der Waals surface area contributed by atoms with E-state index in [0.717, 1.165) is 0 Å². The van der Waals surface area contributed by atoms with Crippen molar-refractivity contribution >= 4 is 10.0 Å². The molecule has 2 aromatic rings. The number of hydrogen-bond acceptors (Lipinski definition) is 4. The predicted molar refractivity (Wildman–Crippen MR) is 74.5 cm³/mol. The molecule has 0 amide bonds. The van der Waals surface area contributed by atoms with Gasteiger partial charge in [0.15, 0.2) is 0 Å². The number of nitrogens with one attached hydrogen (secondary N) is 1. The highest BCUT2D eigenvalue weighted by atomic mass is 32.2. The summed E-state index contributed by atoms with van der Waals surface area (Å²) >= 11 is 0. The molecule has 0 saturated heterocycles. The van der Waals surface area contributed by atoms with Gasteiger partial charge in [-0.05, 0) is 31.5 Å². The van der Waals surface area contributed by atoms with Crippen LogP contribution in [-0.2, 0) is 16.6 Å². The van der Waals surface area contributed by atoms with E-state index in [1.807, 2.05) is 0 Å². The van der Waals surface area contributed by atoms with Crippen LogP contribution < -0.4 is 4.72 Å². The van der Waals surface area contributed by atoms with Crippen LogP contribution in [0.2, 0.25) is 0 Å². The van der Waals surface area contributed by atoms with Gasteiger partial charge in [0.2, 0.25) is 10.0 Å². The second kappa shape index (κ2) is 5.97. The molecule has 5 nitrogen and oxygen atoms in total. The van der Waals surface area contributed by atoms with E-state index in [2.05, 4.69) is 4.72 Å². The molecule has 0 radical (unpaired) electrons. The summed E-state index contributed by atoms with van der Waals surface area (Å²) in [6.45, 7) is 2.80. The van der Waals surface area contributed by atoms with Crippen LogP contribution >= 0.6 is 0 Å². The molecule has 0 aliphatic rings. The fourth-order valence-corrected chi connectivity index (χ4v) is 3.42. The molecule has 21 heavy (non-hydrogen) atoms. The lowest BCUT2D eigenvalue weighted by molar-refractivity contribution is 0.244. The van der Waals surface area contributed by atoms with Crippen LogP contribution in [0.1, 0.15) is 30.0 Å². The molecule has 7 heteroatoms. The molecular weight excluding hydrogens is 297 g/mol. The number of halogens is 1. The van der Waals surface area contributed by atoms with Gasteiger partial charge in [-0.3, -0.25) is 0 Å². The molecule has 1 unspecified atom stereocenters. The molecule has 0 aliphatic carbocycles. The maximum atomic E-state index is 12.9. The smallest absolute Gasteiger partial charge is 0.244 e. The van der Waals surface area contributed by atoms with E-state index >= 15 is 0 Å². The van der Waals surface area contributed by atoms with Crippen molar-refractivity contribution < 1.29 is 22.3 Å². The fraction of sp³-hybridized carbons (Fsp3) is 0.286. The summed E-state index contributed by atoms with van der Waals surface area (Å²) in [5.74, 6) is 0.00670. The van der Waals surface area contributed by atoms with Crippen LogP contribution in [0.4, 0.5) is 4.39 Å². The molecule has 114 valence electrons.